The van der Waals surface area contributed by atoms with E-state index in [9.17, 15) is 18.5 Å². The van der Waals surface area contributed by atoms with E-state index >= 15 is 0 Å². The number of hydrogen-bond acceptors (Lipinski definition) is 4. The third kappa shape index (κ3) is 3.13. The summed E-state index contributed by atoms with van der Waals surface area (Å²) in [4.78, 5) is 8.98. The zero-order chi connectivity index (χ0) is 10.1. The minimum atomic E-state index is -4.36. The van der Waals surface area contributed by atoms with Gasteiger partial charge in [-0.15, -0.1) is 0 Å². The summed E-state index contributed by atoms with van der Waals surface area (Å²) in [6.07, 6.45) is 0. The van der Waals surface area contributed by atoms with E-state index in [2.05, 4.69) is 0 Å². The van der Waals surface area contributed by atoms with Crippen LogP contribution in [0, 0.1) is 10.1 Å². The van der Waals surface area contributed by atoms with Crippen molar-refractivity contribution in [3.63, 3.8) is 0 Å². The average Bonchev–Trinajstić information content (AvgIpc) is 2.03. The Kier molecular flexibility index (Phi) is 4.31. The molecule has 0 saturated carbocycles. The molecule has 0 radical (unpaired) electrons. The van der Waals surface area contributed by atoms with E-state index in [1.807, 2.05) is 0 Å². The number of nitro groups is 1. The van der Waals surface area contributed by atoms with Gasteiger partial charge < -0.3 is 0 Å². The van der Waals surface area contributed by atoms with Crippen LogP contribution in [-0.2, 0) is 29.6 Å². The Morgan fingerprint density at radius 1 is 1.36 bits per heavy atom. The van der Waals surface area contributed by atoms with Crippen LogP contribution in [0.25, 0.3) is 0 Å². The fourth-order valence-electron chi connectivity index (χ4n) is 0.758. The maximum absolute atomic E-state index is 10.5. The van der Waals surface area contributed by atoms with Gasteiger partial charge in [-0.25, -0.2) is 0 Å². The Hall–Kier alpha value is -0.847. The molecule has 0 amide bonds. The van der Waals surface area contributed by atoms with Crippen molar-refractivity contribution in [1.29, 1.82) is 0 Å². The smallest absolute Gasteiger partial charge is 0.282 e. The summed E-state index contributed by atoms with van der Waals surface area (Å²) >= 11 is 0. The van der Waals surface area contributed by atoms with Gasteiger partial charge in [-0.3, -0.25) is 14.7 Å². The van der Waals surface area contributed by atoms with E-state index in [4.69, 9.17) is 4.55 Å². The largest absolute Gasteiger partial charge is 0.294 e. The van der Waals surface area contributed by atoms with Gasteiger partial charge in [-0.05, 0) is 6.07 Å². The zero-order valence-corrected chi connectivity index (χ0v) is 10.7. The number of nitrogens with zero attached hydrogens (tertiary/aromatic N) is 1. The predicted molar refractivity (Wildman–Crippen MR) is 42.9 cm³/mol. The minimum absolute atomic E-state index is 0. The topological polar surface area (TPSA) is 97.5 Å². The summed E-state index contributed by atoms with van der Waals surface area (Å²) in [5.74, 6) is 0. The number of non-ortho nitro benzene ring substituents is 1. The summed E-state index contributed by atoms with van der Waals surface area (Å²) in [5.41, 5.74) is -0.380. The predicted octanol–water partition coefficient (Wildman–Crippen LogP) is 0.839. The molecule has 1 N–H and O–H groups in total. The Bertz CT molecular complexity index is 443. The van der Waals surface area contributed by atoms with Crippen molar-refractivity contribution in [3.8, 4) is 0 Å². The molecule has 0 fully saturated rings. The van der Waals surface area contributed by atoms with Crippen molar-refractivity contribution < 1.29 is 37.4 Å². The fourth-order valence-corrected chi connectivity index (χ4v) is 1.28. The quantitative estimate of drug-likeness (QED) is 0.371. The van der Waals surface area contributed by atoms with Crippen molar-refractivity contribution in [3.05, 3.63) is 34.4 Å². The van der Waals surface area contributed by atoms with Gasteiger partial charge >= 0.3 is 0 Å². The summed E-state index contributed by atoms with van der Waals surface area (Å²) in [6, 6.07) is 4.17. The number of benzene rings is 1. The van der Waals surface area contributed by atoms with E-state index in [-0.39, 0.29) is 25.2 Å². The van der Waals surface area contributed by atoms with Crippen LogP contribution in [0.2, 0.25) is 0 Å². The van der Waals surface area contributed by atoms with E-state index < -0.39 is 19.9 Å². The maximum Gasteiger partial charge on any atom is 0.294 e. The van der Waals surface area contributed by atoms with Crippen LogP contribution in [-0.4, -0.2) is 17.9 Å². The molecule has 0 aliphatic rings. The third-order valence-electron chi connectivity index (χ3n) is 1.33. The summed E-state index contributed by atoms with van der Waals surface area (Å²) in [7, 11) is -4.36. The molecular formula is C6H5NO5SZn. The van der Waals surface area contributed by atoms with E-state index in [1.54, 1.807) is 0 Å². The molecule has 0 saturated heterocycles. The molecule has 0 atom stereocenters. The number of hydrogen-bond donors (Lipinski definition) is 1. The SMILES string of the molecule is O=[N+]([O-])c1cccc(S(=O)(=O)O)c1.[Zn]. The normalized spacial score (nSPS) is 10.4. The molecule has 1 aromatic rings. The van der Waals surface area contributed by atoms with Crippen LogP contribution in [0.1, 0.15) is 0 Å². The average molecular weight is 269 g/mol. The standard InChI is InChI=1S/C6H5NO5S.Zn/c8-7(9)5-2-1-3-6(4-5)13(10,11)12;/h1-4H,(H,10,11,12);. The van der Waals surface area contributed by atoms with Gasteiger partial charge in [0, 0.05) is 31.6 Å². The van der Waals surface area contributed by atoms with Gasteiger partial charge in [-0.1, -0.05) is 6.07 Å². The van der Waals surface area contributed by atoms with Crippen LogP contribution in [0.5, 0.6) is 0 Å². The third-order valence-corrected chi connectivity index (χ3v) is 2.18. The molecule has 72 valence electrons. The molecule has 0 aliphatic carbocycles. The van der Waals surface area contributed by atoms with Crippen molar-refractivity contribution in [2.75, 3.05) is 0 Å². The first kappa shape index (κ1) is 13.2. The first-order valence-electron chi connectivity index (χ1n) is 3.13. The second-order valence-corrected chi connectivity index (χ2v) is 3.65. The Balaban J connectivity index is 0.00000169. The summed E-state index contributed by atoms with van der Waals surface area (Å²) in [5, 5.41) is 10.2. The van der Waals surface area contributed by atoms with Gasteiger partial charge in [0.15, 0.2) is 0 Å². The first-order valence-corrected chi connectivity index (χ1v) is 4.57. The molecule has 1 aromatic carbocycles. The maximum atomic E-state index is 10.5. The Morgan fingerprint density at radius 3 is 2.36 bits per heavy atom. The zero-order valence-electron chi connectivity index (χ0n) is 6.95. The van der Waals surface area contributed by atoms with E-state index in [0.29, 0.717) is 0 Å². The van der Waals surface area contributed by atoms with Crippen molar-refractivity contribution in [2.24, 2.45) is 0 Å². The molecule has 14 heavy (non-hydrogen) atoms. The van der Waals surface area contributed by atoms with E-state index in [1.165, 1.54) is 6.07 Å². The second kappa shape index (κ2) is 4.59. The number of rotatable bonds is 2. The second-order valence-electron chi connectivity index (χ2n) is 2.23. The molecular weight excluding hydrogens is 264 g/mol. The minimum Gasteiger partial charge on any atom is -0.282 e. The monoisotopic (exact) mass is 267 g/mol. The summed E-state index contributed by atoms with van der Waals surface area (Å²) < 4.78 is 29.6. The molecule has 1 rings (SSSR count). The van der Waals surface area contributed by atoms with Gasteiger partial charge in [0.25, 0.3) is 15.8 Å². The van der Waals surface area contributed by atoms with Crippen molar-refractivity contribution in [1.82, 2.24) is 0 Å². The van der Waals surface area contributed by atoms with Crippen LogP contribution < -0.4 is 0 Å². The van der Waals surface area contributed by atoms with E-state index in [0.717, 1.165) is 18.2 Å². The number of nitro benzene ring substituents is 1. The molecule has 8 heteroatoms. The van der Waals surface area contributed by atoms with Crippen LogP contribution >= 0.6 is 0 Å². The molecule has 0 bridgehead atoms. The van der Waals surface area contributed by atoms with Gasteiger partial charge in [0.2, 0.25) is 0 Å². The van der Waals surface area contributed by atoms with Gasteiger partial charge in [0.05, 0.1) is 4.92 Å². The fraction of sp³-hybridized carbons (Fsp3) is 0. The Labute approximate surface area is 92.6 Å². The van der Waals surface area contributed by atoms with Crippen molar-refractivity contribution >= 4 is 15.8 Å². The Morgan fingerprint density at radius 2 is 1.93 bits per heavy atom. The van der Waals surface area contributed by atoms with Crippen LogP contribution in [0.15, 0.2) is 29.2 Å². The first-order chi connectivity index (χ1) is 5.91. The van der Waals surface area contributed by atoms with Gasteiger partial charge in [0.1, 0.15) is 4.90 Å². The molecule has 0 aromatic heterocycles. The molecule has 0 unspecified atom stereocenters. The molecule has 0 spiro atoms. The summed E-state index contributed by atoms with van der Waals surface area (Å²) in [6.45, 7) is 0. The molecule has 6 nitrogen and oxygen atoms in total. The van der Waals surface area contributed by atoms with Crippen LogP contribution in [0.3, 0.4) is 0 Å². The van der Waals surface area contributed by atoms with Crippen LogP contribution in [0.4, 0.5) is 5.69 Å². The molecule has 0 aliphatic heterocycles. The molecule has 0 heterocycles. The van der Waals surface area contributed by atoms with Crippen molar-refractivity contribution in [2.45, 2.75) is 4.90 Å². The van der Waals surface area contributed by atoms with Gasteiger partial charge in [-0.2, -0.15) is 8.42 Å².